The van der Waals surface area contributed by atoms with E-state index in [-0.39, 0.29) is 11.8 Å². The molecule has 1 aliphatic rings. The Morgan fingerprint density at radius 2 is 1.94 bits per heavy atom. The van der Waals surface area contributed by atoms with E-state index in [1.165, 1.54) is 12.8 Å². The first kappa shape index (κ1) is 22.6. The number of benzene rings is 1. The van der Waals surface area contributed by atoms with Gasteiger partial charge in [0.25, 0.3) is 5.91 Å². The van der Waals surface area contributed by atoms with E-state index in [1.54, 1.807) is 42.6 Å². The zero-order chi connectivity index (χ0) is 24.2. The zero-order valence-corrected chi connectivity index (χ0v) is 19.5. The maximum absolute atomic E-state index is 13.2. The highest BCUT2D eigenvalue weighted by atomic mass is 16.2. The summed E-state index contributed by atoms with van der Waals surface area (Å²) in [5.74, 6) is -0.0810. The van der Waals surface area contributed by atoms with Crippen LogP contribution in [0.15, 0.2) is 61.3 Å². The van der Waals surface area contributed by atoms with Crippen molar-refractivity contribution < 1.29 is 9.59 Å². The van der Waals surface area contributed by atoms with Crippen molar-refractivity contribution in [3.05, 3.63) is 66.9 Å². The molecule has 0 unspecified atom stereocenters. The van der Waals surface area contributed by atoms with Crippen LogP contribution in [0.1, 0.15) is 42.5 Å². The highest BCUT2D eigenvalue weighted by Gasteiger charge is 2.27. The average Bonchev–Trinajstić information content (AvgIpc) is 3.61. The number of aryl methyl sites for hydroxylation is 1. The molecule has 1 fully saturated rings. The van der Waals surface area contributed by atoms with Gasteiger partial charge in [-0.1, -0.05) is 31.7 Å². The third-order valence-electron chi connectivity index (χ3n) is 6.34. The lowest BCUT2D eigenvalue weighted by Crippen LogP contribution is -2.44. The van der Waals surface area contributed by atoms with Crippen LogP contribution in [0.5, 0.6) is 0 Å². The van der Waals surface area contributed by atoms with Gasteiger partial charge in [0.1, 0.15) is 12.4 Å². The molecule has 0 bridgehead atoms. The second-order valence-corrected chi connectivity index (χ2v) is 9.02. The smallest absolute Gasteiger partial charge is 0.252 e. The monoisotopic (exact) mass is 472 g/mol. The molecule has 0 aliphatic heterocycles. The minimum atomic E-state index is -0.626. The molecule has 5 rings (SSSR count). The fraction of sp³-hybridized carbons (Fsp3) is 0.320. The van der Waals surface area contributed by atoms with Gasteiger partial charge in [-0.3, -0.25) is 18.7 Å². The van der Waals surface area contributed by atoms with Crippen molar-refractivity contribution in [1.29, 1.82) is 0 Å². The fourth-order valence-electron chi connectivity index (χ4n) is 4.57. The topological polar surface area (TPSA) is 118 Å². The zero-order valence-electron chi connectivity index (χ0n) is 19.5. The Morgan fingerprint density at radius 3 is 2.74 bits per heavy atom. The van der Waals surface area contributed by atoms with Crippen LogP contribution in [-0.2, 0) is 11.8 Å². The van der Waals surface area contributed by atoms with E-state index in [9.17, 15) is 9.59 Å². The van der Waals surface area contributed by atoms with Crippen molar-refractivity contribution in [2.24, 2.45) is 13.0 Å². The lowest BCUT2D eigenvalue weighted by atomic mass is 9.97. The van der Waals surface area contributed by atoms with Gasteiger partial charge >= 0.3 is 0 Å². The number of aromatic nitrogens is 5. The van der Waals surface area contributed by atoms with Crippen LogP contribution in [0.4, 0.5) is 17.1 Å². The van der Waals surface area contributed by atoms with Crippen molar-refractivity contribution in [1.82, 2.24) is 29.7 Å². The molecule has 1 saturated carbocycles. The number of pyridine rings is 1. The van der Waals surface area contributed by atoms with Gasteiger partial charge in [-0.05, 0) is 42.7 Å². The van der Waals surface area contributed by atoms with Crippen molar-refractivity contribution in [2.75, 3.05) is 10.6 Å². The molecule has 1 atom stereocenters. The molecule has 180 valence electrons. The van der Waals surface area contributed by atoms with Gasteiger partial charge in [0.2, 0.25) is 5.91 Å². The summed E-state index contributed by atoms with van der Waals surface area (Å²) >= 11 is 0. The van der Waals surface area contributed by atoms with Crippen molar-refractivity contribution in [3.63, 3.8) is 0 Å². The second-order valence-electron chi connectivity index (χ2n) is 9.02. The molecular formula is C25H28N8O2. The number of fused-ring (bicyclic) bond motifs is 1. The van der Waals surface area contributed by atoms with E-state index in [0.29, 0.717) is 23.6 Å². The Morgan fingerprint density at radius 1 is 1.09 bits per heavy atom. The van der Waals surface area contributed by atoms with Crippen LogP contribution >= 0.6 is 0 Å². The van der Waals surface area contributed by atoms with Crippen LogP contribution in [0, 0.1) is 5.92 Å². The summed E-state index contributed by atoms with van der Waals surface area (Å²) in [5, 5.41) is 21.2. The summed E-state index contributed by atoms with van der Waals surface area (Å²) in [7, 11) is 1.79. The van der Waals surface area contributed by atoms with E-state index in [2.05, 4.69) is 31.2 Å². The molecule has 0 radical (unpaired) electrons. The summed E-state index contributed by atoms with van der Waals surface area (Å²) in [6.45, 7) is 0. The lowest BCUT2D eigenvalue weighted by Gasteiger charge is -2.21. The van der Waals surface area contributed by atoms with Gasteiger partial charge in [0, 0.05) is 30.7 Å². The summed E-state index contributed by atoms with van der Waals surface area (Å²) in [6, 6.07) is 10.4. The van der Waals surface area contributed by atoms with E-state index in [4.69, 9.17) is 0 Å². The average molecular weight is 473 g/mol. The second kappa shape index (κ2) is 9.96. The van der Waals surface area contributed by atoms with Gasteiger partial charge in [0.05, 0.1) is 17.6 Å². The number of anilines is 3. The minimum absolute atomic E-state index is 0.227. The molecule has 3 heterocycles. The van der Waals surface area contributed by atoms with Gasteiger partial charge in [-0.25, -0.2) is 0 Å². The molecule has 3 aromatic heterocycles. The Hall–Kier alpha value is -4.21. The first-order valence-electron chi connectivity index (χ1n) is 11.8. The van der Waals surface area contributed by atoms with E-state index in [1.807, 2.05) is 34.9 Å². The first-order valence-corrected chi connectivity index (χ1v) is 11.8. The highest BCUT2D eigenvalue weighted by molar-refractivity contribution is 6.01. The molecule has 1 aliphatic carbocycles. The number of nitrogens with one attached hydrogen (secondary N) is 3. The van der Waals surface area contributed by atoms with Crippen molar-refractivity contribution >= 4 is 34.5 Å². The highest BCUT2D eigenvalue weighted by Crippen LogP contribution is 2.29. The Labute approximate surface area is 202 Å². The third-order valence-corrected chi connectivity index (χ3v) is 6.34. The van der Waals surface area contributed by atoms with Crippen LogP contribution in [0.25, 0.3) is 5.65 Å². The van der Waals surface area contributed by atoms with Crippen molar-refractivity contribution in [3.8, 4) is 0 Å². The van der Waals surface area contributed by atoms with Crippen LogP contribution in [0.2, 0.25) is 0 Å². The Balaban J connectivity index is 1.29. The van der Waals surface area contributed by atoms with E-state index < -0.39 is 6.04 Å². The quantitative estimate of drug-likeness (QED) is 0.361. The number of amides is 2. The number of hydrogen-bond acceptors (Lipinski definition) is 6. The van der Waals surface area contributed by atoms with Gasteiger partial charge in [-0.2, -0.15) is 5.10 Å². The fourth-order valence-corrected chi connectivity index (χ4v) is 4.57. The molecule has 4 aromatic rings. The third kappa shape index (κ3) is 5.48. The normalized spacial score (nSPS) is 14.7. The maximum Gasteiger partial charge on any atom is 0.252 e. The standard InChI is InChI=1S/C25H28N8O2/c1-32-14-21(13-27-32)29-25(35)22(11-17-5-2-3-6-17)30-24(34)18-7-4-8-19(12-18)28-20-9-10-23-31-26-16-33(23)15-20/h4,7-10,12-17,22,28H,2-3,5-6,11H2,1H3,(H,29,35)(H,30,34)/t22-/m0/s1. The van der Waals surface area contributed by atoms with Crippen LogP contribution in [0.3, 0.4) is 0 Å². The minimum Gasteiger partial charge on any atom is -0.354 e. The molecule has 10 nitrogen and oxygen atoms in total. The van der Waals surface area contributed by atoms with Gasteiger partial charge < -0.3 is 16.0 Å². The first-order chi connectivity index (χ1) is 17.0. The molecule has 1 aromatic carbocycles. The van der Waals surface area contributed by atoms with E-state index >= 15 is 0 Å². The number of nitrogens with zero attached hydrogens (tertiary/aromatic N) is 5. The van der Waals surface area contributed by atoms with Crippen molar-refractivity contribution in [2.45, 2.75) is 38.1 Å². The maximum atomic E-state index is 13.2. The SMILES string of the molecule is Cn1cc(NC(=O)[C@H](CC2CCCC2)NC(=O)c2cccc(Nc3ccc4nncn4c3)c2)cn1. The number of carbonyl (C=O) groups excluding carboxylic acids is 2. The molecule has 10 heteroatoms. The number of hydrogen-bond donors (Lipinski definition) is 3. The van der Waals surface area contributed by atoms with Gasteiger partial charge in [-0.15, -0.1) is 10.2 Å². The summed E-state index contributed by atoms with van der Waals surface area (Å²) in [5.41, 5.74) is 3.44. The molecule has 2 amide bonds. The number of rotatable bonds is 8. The van der Waals surface area contributed by atoms with Gasteiger partial charge in [0.15, 0.2) is 5.65 Å². The number of carbonyl (C=O) groups is 2. The Kier molecular flexibility index (Phi) is 6.42. The summed E-state index contributed by atoms with van der Waals surface area (Å²) < 4.78 is 3.44. The molecular weight excluding hydrogens is 444 g/mol. The van der Waals surface area contributed by atoms with Crippen LogP contribution in [-0.4, -0.2) is 42.2 Å². The lowest BCUT2D eigenvalue weighted by molar-refractivity contribution is -0.118. The van der Waals surface area contributed by atoms with E-state index in [0.717, 1.165) is 29.9 Å². The summed E-state index contributed by atoms with van der Waals surface area (Å²) in [6.07, 6.45) is 12.0. The largest absolute Gasteiger partial charge is 0.354 e. The molecule has 3 N–H and O–H groups in total. The van der Waals surface area contributed by atoms with Crippen LogP contribution < -0.4 is 16.0 Å². The summed E-state index contributed by atoms with van der Waals surface area (Å²) in [4.78, 5) is 26.3. The predicted octanol–water partition coefficient (Wildman–Crippen LogP) is 3.52. The predicted molar refractivity (Wildman–Crippen MR) is 132 cm³/mol. The molecule has 35 heavy (non-hydrogen) atoms. The Bertz CT molecular complexity index is 1340. The molecule has 0 spiro atoms. The molecule has 0 saturated heterocycles.